The summed E-state index contributed by atoms with van der Waals surface area (Å²) in [7, 11) is 0. The van der Waals surface area contributed by atoms with Crippen LogP contribution in [0.3, 0.4) is 0 Å². The highest BCUT2D eigenvalue weighted by Gasteiger charge is 2.10. The Morgan fingerprint density at radius 1 is 1.35 bits per heavy atom. The molecule has 0 saturated carbocycles. The molecule has 0 aliphatic carbocycles. The van der Waals surface area contributed by atoms with Crippen LogP contribution < -0.4 is 5.73 Å². The van der Waals surface area contributed by atoms with Crippen molar-refractivity contribution in [2.24, 2.45) is 0 Å². The van der Waals surface area contributed by atoms with Gasteiger partial charge >= 0.3 is 0 Å². The van der Waals surface area contributed by atoms with Crippen molar-refractivity contribution >= 4 is 33.4 Å². The second-order valence-electron chi connectivity index (χ2n) is 3.99. The van der Waals surface area contributed by atoms with E-state index in [-0.39, 0.29) is 0 Å². The van der Waals surface area contributed by atoms with E-state index in [1.54, 1.807) is 0 Å². The molecule has 1 saturated heterocycles. The summed E-state index contributed by atoms with van der Waals surface area (Å²) in [6, 6.07) is 5.97. The quantitative estimate of drug-likeness (QED) is 0.684. The molecular weight excluding hydrogens is 300 g/mol. The zero-order valence-corrected chi connectivity index (χ0v) is 12.1. The number of nitrogen functional groups attached to an aromatic ring is 1. The molecule has 0 atom stereocenters. The molecule has 17 heavy (non-hydrogen) atoms. The molecule has 0 amide bonds. The summed E-state index contributed by atoms with van der Waals surface area (Å²) >= 11 is 5.40. The maximum absolute atomic E-state index is 5.71. The summed E-state index contributed by atoms with van der Waals surface area (Å²) in [5, 5.41) is 0. The minimum Gasteiger partial charge on any atom is -0.399 e. The van der Waals surface area contributed by atoms with Gasteiger partial charge < -0.3 is 10.5 Å². The largest absolute Gasteiger partial charge is 0.399 e. The predicted octanol–water partition coefficient (Wildman–Crippen LogP) is 2.46. The molecule has 2 N–H and O–H groups in total. The molecule has 2 rings (SSSR count). The van der Waals surface area contributed by atoms with Crippen LogP contribution in [0, 0.1) is 0 Å². The highest BCUT2D eigenvalue weighted by molar-refractivity contribution is 9.10. The van der Waals surface area contributed by atoms with Crippen molar-refractivity contribution in [2.75, 3.05) is 44.3 Å². The summed E-state index contributed by atoms with van der Waals surface area (Å²) < 4.78 is 6.41. The van der Waals surface area contributed by atoms with Gasteiger partial charge in [0.2, 0.25) is 0 Å². The average molecular weight is 317 g/mol. The standard InChI is InChI=1S/C12H17BrN2OS/c13-11-9-10(14)1-2-12(11)17-8-5-15-3-6-16-7-4-15/h1-2,9H,3-8,14H2. The average Bonchev–Trinajstić information content (AvgIpc) is 2.33. The van der Waals surface area contributed by atoms with Gasteiger partial charge in [-0.3, -0.25) is 4.90 Å². The molecule has 1 aliphatic rings. The summed E-state index contributed by atoms with van der Waals surface area (Å²) in [5.74, 6) is 1.10. The van der Waals surface area contributed by atoms with Gasteiger partial charge in [-0.15, -0.1) is 11.8 Å². The molecule has 1 aromatic rings. The second-order valence-corrected chi connectivity index (χ2v) is 5.98. The first-order valence-corrected chi connectivity index (χ1v) is 7.51. The number of morpholine rings is 1. The van der Waals surface area contributed by atoms with Crippen molar-refractivity contribution in [3.05, 3.63) is 22.7 Å². The fraction of sp³-hybridized carbons (Fsp3) is 0.500. The van der Waals surface area contributed by atoms with Crippen LogP contribution in [0.2, 0.25) is 0 Å². The van der Waals surface area contributed by atoms with Crippen LogP contribution in [0.1, 0.15) is 0 Å². The summed E-state index contributed by atoms with van der Waals surface area (Å²) in [6.07, 6.45) is 0. The Labute approximate surface area is 115 Å². The van der Waals surface area contributed by atoms with Crippen LogP contribution in [-0.2, 0) is 4.74 Å². The van der Waals surface area contributed by atoms with Gasteiger partial charge in [-0.2, -0.15) is 0 Å². The Morgan fingerprint density at radius 2 is 2.12 bits per heavy atom. The SMILES string of the molecule is Nc1ccc(SCCN2CCOCC2)c(Br)c1. The third-order valence-electron chi connectivity index (χ3n) is 2.72. The summed E-state index contributed by atoms with van der Waals surface area (Å²) in [5.41, 5.74) is 6.51. The number of hydrogen-bond acceptors (Lipinski definition) is 4. The minimum atomic E-state index is 0.800. The van der Waals surface area contributed by atoms with E-state index in [1.807, 2.05) is 23.9 Å². The smallest absolute Gasteiger partial charge is 0.0594 e. The molecule has 0 unspecified atom stereocenters. The molecule has 0 aromatic heterocycles. The number of thioether (sulfide) groups is 1. The van der Waals surface area contributed by atoms with Crippen LogP contribution in [0.4, 0.5) is 5.69 Å². The molecule has 0 spiro atoms. The first kappa shape index (κ1) is 13.2. The Bertz CT molecular complexity index is 370. The van der Waals surface area contributed by atoms with Gasteiger partial charge in [0.15, 0.2) is 0 Å². The number of anilines is 1. The van der Waals surface area contributed by atoms with Gasteiger partial charge in [0, 0.05) is 40.4 Å². The van der Waals surface area contributed by atoms with E-state index >= 15 is 0 Å². The van der Waals surface area contributed by atoms with E-state index in [2.05, 4.69) is 26.9 Å². The maximum Gasteiger partial charge on any atom is 0.0594 e. The lowest BCUT2D eigenvalue weighted by molar-refractivity contribution is 0.0410. The van der Waals surface area contributed by atoms with E-state index in [0.717, 1.165) is 48.8 Å². The van der Waals surface area contributed by atoms with Crippen molar-refractivity contribution in [1.82, 2.24) is 4.90 Å². The first-order chi connectivity index (χ1) is 8.25. The van der Waals surface area contributed by atoms with Crippen molar-refractivity contribution in [3.63, 3.8) is 0 Å². The number of hydrogen-bond donors (Lipinski definition) is 1. The fourth-order valence-electron chi connectivity index (χ4n) is 1.74. The van der Waals surface area contributed by atoms with Crippen LogP contribution in [-0.4, -0.2) is 43.5 Å². The third-order valence-corrected chi connectivity index (χ3v) is 4.70. The zero-order chi connectivity index (χ0) is 12.1. The zero-order valence-electron chi connectivity index (χ0n) is 9.69. The summed E-state index contributed by atoms with van der Waals surface area (Å²) in [4.78, 5) is 3.70. The number of nitrogens with zero attached hydrogens (tertiary/aromatic N) is 1. The summed E-state index contributed by atoms with van der Waals surface area (Å²) in [6.45, 7) is 4.98. The third kappa shape index (κ3) is 4.17. The minimum absolute atomic E-state index is 0.800. The number of benzene rings is 1. The van der Waals surface area contributed by atoms with E-state index in [9.17, 15) is 0 Å². The van der Waals surface area contributed by atoms with Crippen LogP contribution >= 0.6 is 27.7 Å². The predicted molar refractivity (Wildman–Crippen MR) is 76.5 cm³/mol. The first-order valence-electron chi connectivity index (χ1n) is 5.73. The maximum atomic E-state index is 5.71. The van der Waals surface area contributed by atoms with E-state index in [0.29, 0.717) is 0 Å². The highest BCUT2D eigenvalue weighted by atomic mass is 79.9. The van der Waals surface area contributed by atoms with Gasteiger partial charge in [0.25, 0.3) is 0 Å². The van der Waals surface area contributed by atoms with Crippen LogP contribution in [0.5, 0.6) is 0 Å². The molecule has 1 aromatic carbocycles. The van der Waals surface area contributed by atoms with Crippen LogP contribution in [0.15, 0.2) is 27.6 Å². The molecule has 0 radical (unpaired) electrons. The van der Waals surface area contributed by atoms with Gasteiger partial charge in [-0.05, 0) is 34.1 Å². The fourth-order valence-corrected chi connectivity index (χ4v) is 3.41. The molecule has 1 aliphatic heterocycles. The molecule has 5 heteroatoms. The van der Waals surface area contributed by atoms with Gasteiger partial charge in [0.1, 0.15) is 0 Å². The Morgan fingerprint density at radius 3 is 2.82 bits per heavy atom. The topological polar surface area (TPSA) is 38.5 Å². The monoisotopic (exact) mass is 316 g/mol. The lowest BCUT2D eigenvalue weighted by Crippen LogP contribution is -2.37. The highest BCUT2D eigenvalue weighted by Crippen LogP contribution is 2.29. The van der Waals surface area contributed by atoms with Gasteiger partial charge in [-0.25, -0.2) is 0 Å². The number of halogens is 1. The number of rotatable bonds is 4. The molecule has 0 bridgehead atoms. The lowest BCUT2D eigenvalue weighted by atomic mass is 10.3. The Balaban J connectivity index is 1.77. The van der Waals surface area contributed by atoms with Gasteiger partial charge in [-0.1, -0.05) is 0 Å². The molecule has 94 valence electrons. The van der Waals surface area contributed by atoms with E-state index in [4.69, 9.17) is 10.5 Å². The van der Waals surface area contributed by atoms with Crippen molar-refractivity contribution in [2.45, 2.75) is 4.90 Å². The Hall–Kier alpha value is -0.230. The van der Waals surface area contributed by atoms with E-state index in [1.165, 1.54) is 4.90 Å². The molecular formula is C12H17BrN2OS. The molecule has 1 fully saturated rings. The van der Waals surface area contributed by atoms with Crippen LogP contribution in [0.25, 0.3) is 0 Å². The molecule has 3 nitrogen and oxygen atoms in total. The second kappa shape index (κ2) is 6.64. The molecule has 1 heterocycles. The normalized spacial score (nSPS) is 17.2. The van der Waals surface area contributed by atoms with E-state index < -0.39 is 0 Å². The number of nitrogens with two attached hydrogens (primary N) is 1. The Kier molecular flexibility index (Phi) is 5.16. The van der Waals surface area contributed by atoms with Crippen molar-refractivity contribution in [1.29, 1.82) is 0 Å². The van der Waals surface area contributed by atoms with Crippen molar-refractivity contribution in [3.8, 4) is 0 Å². The number of ether oxygens (including phenoxy) is 1. The van der Waals surface area contributed by atoms with Gasteiger partial charge in [0.05, 0.1) is 13.2 Å². The lowest BCUT2D eigenvalue weighted by Gasteiger charge is -2.26. The van der Waals surface area contributed by atoms with Crippen molar-refractivity contribution < 1.29 is 4.74 Å².